The highest BCUT2D eigenvalue weighted by molar-refractivity contribution is 14.0. The van der Waals surface area contributed by atoms with Gasteiger partial charge in [0.2, 0.25) is 5.91 Å². The molecule has 2 aromatic carbocycles. The second kappa shape index (κ2) is 13.7. The number of carbonyl (C=O) groups is 1. The van der Waals surface area contributed by atoms with E-state index in [0.717, 1.165) is 69.6 Å². The van der Waals surface area contributed by atoms with E-state index in [-0.39, 0.29) is 29.9 Å². The highest BCUT2D eigenvalue weighted by Gasteiger charge is 2.21. The van der Waals surface area contributed by atoms with Gasteiger partial charge in [-0.15, -0.1) is 24.0 Å². The minimum Gasteiger partial charge on any atom is -0.379 e. The second-order valence-corrected chi connectivity index (χ2v) is 8.57. The summed E-state index contributed by atoms with van der Waals surface area (Å²) in [5, 5.41) is 6.75. The van der Waals surface area contributed by atoms with Gasteiger partial charge in [0, 0.05) is 51.4 Å². The highest BCUT2D eigenvalue weighted by atomic mass is 127. The van der Waals surface area contributed by atoms with E-state index in [0.29, 0.717) is 19.5 Å². The SMILES string of the molecule is CCNC(=NCc1cccc(CN2CCOCC2)c1)NCc1ccc(N2CCCC2=O)cc1.I. The molecule has 0 unspecified atom stereocenters. The van der Waals surface area contributed by atoms with E-state index < -0.39 is 0 Å². The Morgan fingerprint density at radius 2 is 1.76 bits per heavy atom. The maximum absolute atomic E-state index is 11.9. The van der Waals surface area contributed by atoms with Crippen molar-refractivity contribution in [3.63, 3.8) is 0 Å². The van der Waals surface area contributed by atoms with Crippen LogP contribution in [-0.2, 0) is 29.2 Å². The molecule has 4 rings (SSSR count). The summed E-state index contributed by atoms with van der Waals surface area (Å²) < 4.78 is 5.45. The van der Waals surface area contributed by atoms with E-state index in [2.05, 4.69) is 58.9 Å². The smallest absolute Gasteiger partial charge is 0.227 e. The number of guanidine groups is 1. The Morgan fingerprint density at radius 1 is 1.00 bits per heavy atom. The van der Waals surface area contributed by atoms with Crippen LogP contribution < -0.4 is 15.5 Å². The number of ether oxygens (including phenoxy) is 1. The first-order valence-corrected chi connectivity index (χ1v) is 12.0. The van der Waals surface area contributed by atoms with E-state index in [4.69, 9.17) is 9.73 Å². The summed E-state index contributed by atoms with van der Waals surface area (Å²) in [5.41, 5.74) is 4.67. The van der Waals surface area contributed by atoms with Crippen molar-refractivity contribution >= 4 is 41.5 Å². The Hall–Kier alpha value is -2.17. The van der Waals surface area contributed by atoms with Crippen LogP contribution in [0.3, 0.4) is 0 Å². The van der Waals surface area contributed by atoms with Crippen molar-refractivity contribution in [3.05, 3.63) is 65.2 Å². The van der Waals surface area contributed by atoms with Crippen LogP contribution in [0.4, 0.5) is 5.69 Å². The molecule has 7 nitrogen and oxygen atoms in total. The Kier molecular flexibility index (Phi) is 10.6. The minimum atomic E-state index is 0. The molecular weight excluding hydrogens is 541 g/mol. The number of rotatable bonds is 8. The molecule has 2 aromatic rings. The third-order valence-corrected chi connectivity index (χ3v) is 6.05. The molecule has 0 bridgehead atoms. The molecule has 2 fully saturated rings. The average Bonchev–Trinajstić information content (AvgIpc) is 3.28. The predicted molar refractivity (Wildman–Crippen MR) is 148 cm³/mol. The number of carbonyl (C=O) groups excluding carboxylic acids is 1. The van der Waals surface area contributed by atoms with Crippen LogP contribution in [-0.4, -0.2) is 56.2 Å². The van der Waals surface area contributed by atoms with E-state index in [1.807, 2.05) is 17.0 Å². The molecular formula is C26H36IN5O2. The highest BCUT2D eigenvalue weighted by Crippen LogP contribution is 2.21. The lowest BCUT2D eigenvalue weighted by atomic mass is 10.1. The van der Waals surface area contributed by atoms with Gasteiger partial charge in [-0.05, 0) is 42.2 Å². The van der Waals surface area contributed by atoms with Crippen molar-refractivity contribution < 1.29 is 9.53 Å². The van der Waals surface area contributed by atoms with Crippen molar-refractivity contribution in [2.75, 3.05) is 44.3 Å². The van der Waals surface area contributed by atoms with E-state index in [1.54, 1.807) is 0 Å². The summed E-state index contributed by atoms with van der Waals surface area (Å²) >= 11 is 0. The number of anilines is 1. The van der Waals surface area contributed by atoms with Crippen molar-refractivity contribution in [1.29, 1.82) is 0 Å². The quantitative estimate of drug-likeness (QED) is 0.286. The molecule has 184 valence electrons. The monoisotopic (exact) mass is 577 g/mol. The zero-order valence-electron chi connectivity index (χ0n) is 20.0. The maximum atomic E-state index is 11.9. The first-order chi connectivity index (χ1) is 16.2. The molecule has 0 aliphatic carbocycles. The van der Waals surface area contributed by atoms with Crippen molar-refractivity contribution in [1.82, 2.24) is 15.5 Å². The Morgan fingerprint density at radius 3 is 2.47 bits per heavy atom. The summed E-state index contributed by atoms with van der Waals surface area (Å²) in [4.78, 5) is 21.0. The van der Waals surface area contributed by atoms with Gasteiger partial charge in [0.05, 0.1) is 19.8 Å². The molecule has 0 radical (unpaired) electrons. The van der Waals surface area contributed by atoms with Gasteiger partial charge in [0.1, 0.15) is 0 Å². The van der Waals surface area contributed by atoms with Gasteiger partial charge in [-0.1, -0.05) is 36.4 Å². The molecule has 2 saturated heterocycles. The average molecular weight is 578 g/mol. The van der Waals surface area contributed by atoms with E-state index in [9.17, 15) is 4.79 Å². The molecule has 34 heavy (non-hydrogen) atoms. The number of amides is 1. The topological polar surface area (TPSA) is 69.2 Å². The number of hydrogen-bond donors (Lipinski definition) is 2. The van der Waals surface area contributed by atoms with Crippen LogP contribution in [0.25, 0.3) is 0 Å². The van der Waals surface area contributed by atoms with Crippen molar-refractivity contribution in [2.24, 2.45) is 4.99 Å². The molecule has 8 heteroatoms. The van der Waals surface area contributed by atoms with Crippen LogP contribution in [0, 0.1) is 0 Å². The van der Waals surface area contributed by atoms with Crippen LogP contribution in [0.1, 0.15) is 36.5 Å². The minimum absolute atomic E-state index is 0. The van der Waals surface area contributed by atoms with Crippen LogP contribution in [0.15, 0.2) is 53.5 Å². The van der Waals surface area contributed by atoms with Crippen LogP contribution in [0.5, 0.6) is 0 Å². The van der Waals surface area contributed by atoms with Crippen LogP contribution >= 0.6 is 24.0 Å². The van der Waals surface area contributed by atoms with Crippen molar-refractivity contribution in [2.45, 2.75) is 39.4 Å². The molecule has 2 heterocycles. The second-order valence-electron chi connectivity index (χ2n) is 8.57. The first kappa shape index (κ1) is 26.4. The predicted octanol–water partition coefficient (Wildman–Crippen LogP) is 3.52. The van der Waals surface area contributed by atoms with Gasteiger partial charge in [-0.3, -0.25) is 9.69 Å². The lowest BCUT2D eigenvalue weighted by molar-refractivity contribution is -0.117. The number of aliphatic imine (C=N–C) groups is 1. The third kappa shape index (κ3) is 7.68. The van der Waals surface area contributed by atoms with Crippen LogP contribution in [0.2, 0.25) is 0 Å². The molecule has 1 amide bonds. The van der Waals surface area contributed by atoms with Gasteiger partial charge in [0.25, 0.3) is 0 Å². The fraction of sp³-hybridized carbons (Fsp3) is 0.462. The Bertz CT molecular complexity index is 944. The standard InChI is InChI=1S/C26H35N5O2.HI/c1-2-27-26(28-18-21-8-10-24(11-9-21)31-12-4-7-25(31)32)29-19-22-5-3-6-23(17-22)20-30-13-15-33-16-14-30;/h3,5-6,8-11,17H,2,4,7,12-16,18-20H2,1H3,(H2,27,28,29);1H. The number of halogens is 1. The largest absolute Gasteiger partial charge is 0.379 e. The third-order valence-electron chi connectivity index (χ3n) is 6.05. The summed E-state index contributed by atoms with van der Waals surface area (Å²) in [6, 6.07) is 16.9. The fourth-order valence-corrected chi connectivity index (χ4v) is 4.26. The lowest BCUT2D eigenvalue weighted by Crippen LogP contribution is -2.36. The number of nitrogens with one attached hydrogen (secondary N) is 2. The Balaban J connectivity index is 0.00000324. The molecule has 2 N–H and O–H groups in total. The first-order valence-electron chi connectivity index (χ1n) is 12.0. The number of nitrogens with zero attached hydrogens (tertiary/aromatic N) is 3. The number of morpholine rings is 1. The summed E-state index contributed by atoms with van der Waals surface area (Å²) in [5.74, 6) is 1.02. The van der Waals surface area contributed by atoms with Gasteiger partial charge < -0.3 is 20.3 Å². The van der Waals surface area contributed by atoms with E-state index in [1.165, 1.54) is 11.1 Å². The van der Waals surface area contributed by atoms with Gasteiger partial charge >= 0.3 is 0 Å². The zero-order chi connectivity index (χ0) is 22.9. The van der Waals surface area contributed by atoms with Gasteiger partial charge in [-0.25, -0.2) is 4.99 Å². The molecule has 0 aromatic heterocycles. The van der Waals surface area contributed by atoms with Crippen molar-refractivity contribution in [3.8, 4) is 0 Å². The molecule has 2 aliphatic heterocycles. The zero-order valence-corrected chi connectivity index (χ0v) is 22.3. The van der Waals surface area contributed by atoms with Gasteiger partial charge in [-0.2, -0.15) is 0 Å². The van der Waals surface area contributed by atoms with Gasteiger partial charge in [0.15, 0.2) is 5.96 Å². The normalized spacial score (nSPS) is 16.9. The molecule has 0 saturated carbocycles. The Labute approximate surface area is 220 Å². The summed E-state index contributed by atoms with van der Waals surface area (Å²) in [6.07, 6.45) is 1.60. The molecule has 0 spiro atoms. The number of hydrogen-bond acceptors (Lipinski definition) is 4. The fourth-order valence-electron chi connectivity index (χ4n) is 4.26. The maximum Gasteiger partial charge on any atom is 0.227 e. The summed E-state index contributed by atoms with van der Waals surface area (Å²) in [7, 11) is 0. The number of benzene rings is 2. The summed E-state index contributed by atoms with van der Waals surface area (Å²) in [6.45, 7) is 9.58. The lowest BCUT2D eigenvalue weighted by Gasteiger charge is -2.26. The molecule has 0 atom stereocenters. The van der Waals surface area contributed by atoms with E-state index >= 15 is 0 Å². The molecule has 2 aliphatic rings.